The number of rotatable bonds is 18. The Morgan fingerprint density at radius 2 is 1.50 bits per heavy atom. The highest BCUT2D eigenvalue weighted by molar-refractivity contribution is 5.96. The molecule has 0 spiro atoms. The van der Waals surface area contributed by atoms with Crippen LogP contribution in [-0.2, 0) is 28.8 Å². The fraction of sp³-hybridized carbons (Fsp3) is 0.793. The van der Waals surface area contributed by atoms with Crippen molar-refractivity contribution in [2.75, 3.05) is 13.1 Å². The van der Waals surface area contributed by atoms with Gasteiger partial charge in [0.25, 0.3) is 0 Å². The van der Waals surface area contributed by atoms with E-state index in [1.807, 2.05) is 6.92 Å². The third-order valence-corrected chi connectivity index (χ3v) is 8.00. The van der Waals surface area contributed by atoms with Crippen molar-refractivity contribution in [2.24, 2.45) is 23.3 Å². The predicted octanol–water partition coefficient (Wildman–Crippen LogP) is -1.44. The molecule has 0 saturated carbocycles. The van der Waals surface area contributed by atoms with E-state index >= 15 is 0 Å². The van der Waals surface area contributed by atoms with E-state index < -0.39 is 77.9 Å². The van der Waals surface area contributed by atoms with Crippen molar-refractivity contribution in [1.82, 2.24) is 26.2 Å². The lowest BCUT2D eigenvalue weighted by molar-refractivity contribution is -0.144. The summed E-state index contributed by atoms with van der Waals surface area (Å²) in [6.07, 6.45) is 1.60. The SMILES string of the molecule is CC[C@H](C)[C@H](NC(=O)[C@H](CCCCN)NC(=O)[C@@H](N)[C@@H](C)O)C(=O)N1CCC[C@H]1C(=O)N[C@@H](C)C(=O)N[C@H](C(=O)O)C(C)C. The van der Waals surface area contributed by atoms with Gasteiger partial charge in [-0.25, -0.2) is 4.79 Å². The van der Waals surface area contributed by atoms with Crippen LogP contribution in [0.15, 0.2) is 0 Å². The summed E-state index contributed by atoms with van der Waals surface area (Å²) in [4.78, 5) is 78.5. The minimum Gasteiger partial charge on any atom is -0.480 e. The molecule has 1 aliphatic heterocycles. The summed E-state index contributed by atoms with van der Waals surface area (Å²) in [5, 5.41) is 29.4. The van der Waals surface area contributed by atoms with Crippen LogP contribution >= 0.6 is 0 Å². The van der Waals surface area contributed by atoms with E-state index in [1.54, 1.807) is 20.8 Å². The van der Waals surface area contributed by atoms with Crippen molar-refractivity contribution in [3.8, 4) is 0 Å². The molecule has 0 radical (unpaired) electrons. The fourth-order valence-corrected chi connectivity index (χ4v) is 4.83. The summed E-state index contributed by atoms with van der Waals surface area (Å²) in [7, 11) is 0. The number of hydrogen-bond donors (Lipinski definition) is 8. The van der Waals surface area contributed by atoms with Crippen LogP contribution in [0.2, 0.25) is 0 Å². The van der Waals surface area contributed by atoms with Gasteiger partial charge in [0.05, 0.1) is 6.10 Å². The van der Waals surface area contributed by atoms with E-state index in [2.05, 4.69) is 21.3 Å². The lowest BCUT2D eigenvalue weighted by atomic mass is 9.96. The van der Waals surface area contributed by atoms with Crippen LogP contribution in [0.5, 0.6) is 0 Å². The number of hydrogen-bond acceptors (Lipinski definition) is 9. The Morgan fingerprint density at radius 3 is 2.02 bits per heavy atom. The van der Waals surface area contributed by atoms with Crippen LogP contribution in [0.25, 0.3) is 0 Å². The van der Waals surface area contributed by atoms with Gasteiger partial charge in [-0.1, -0.05) is 34.1 Å². The first kappa shape index (κ1) is 38.7. The molecule has 0 aromatic rings. The zero-order chi connectivity index (χ0) is 33.7. The molecule has 1 saturated heterocycles. The van der Waals surface area contributed by atoms with E-state index in [-0.39, 0.29) is 24.8 Å². The number of carboxylic acid groups (broad SMARTS) is 1. The van der Waals surface area contributed by atoms with Crippen LogP contribution < -0.4 is 32.7 Å². The molecule has 0 aromatic heterocycles. The number of amides is 5. The Labute approximate surface area is 259 Å². The molecule has 252 valence electrons. The van der Waals surface area contributed by atoms with Crippen LogP contribution in [0.4, 0.5) is 0 Å². The Balaban J connectivity index is 3.08. The Hall–Kier alpha value is -3.30. The largest absolute Gasteiger partial charge is 0.480 e. The van der Waals surface area contributed by atoms with Crippen molar-refractivity contribution in [1.29, 1.82) is 0 Å². The summed E-state index contributed by atoms with van der Waals surface area (Å²) >= 11 is 0. The van der Waals surface area contributed by atoms with E-state index in [0.717, 1.165) is 0 Å². The molecule has 1 heterocycles. The van der Waals surface area contributed by atoms with Crippen LogP contribution in [0.1, 0.15) is 80.1 Å². The maximum absolute atomic E-state index is 13.8. The Morgan fingerprint density at radius 1 is 0.886 bits per heavy atom. The van der Waals surface area contributed by atoms with Crippen LogP contribution in [0.3, 0.4) is 0 Å². The van der Waals surface area contributed by atoms with Gasteiger partial charge in [0.2, 0.25) is 29.5 Å². The van der Waals surface area contributed by atoms with E-state index in [0.29, 0.717) is 38.6 Å². The van der Waals surface area contributed by atoms with E-state index in [1.165, 1.54) is 18.7 Å². The third kappa shape index (κ3) is 11.3. The summed E-state index contributed by atoms with van der Waals surface area (Å²) in [6.45, 7) is 10.4. The fourth-order valence-electron chi connectivity index (χ4n) is 4.83. The summed E-state index contributed by atoms with van der Waals surface area (Å²) in [5.74, 6) is -4.91. The number of nitrogens with two attached hydrogens (primary N) is 2. The molecule has 15 nitrogen and oxygen atoms in total. The zero-order valence-electron chi connectivity index (χ0n) is 26.8. The lowest BCUT2D eigenvalue weighted by Crippen LogP contribution is -2.60. The number of unbranched alkanes of at least 4 members (excludes halogenated alkanes) is 1. The number of aliphatic carboxylic acids is 1. The number of carboxylic acids is 1. The predicted molar refractivity (Wildman–Crippen MR) is 163 cm³/mol. The number of carbonyl (C=O) groups excluding carboxylic acids is 5. The van der Waals surface area contributed by atoms with Crippen molar-refractivity contribution in [3.05, 3.63) is 0 Å². The minimum absolute atomic E-state index is 0.233. The smallest absolute Gasteiger partial charge is 0.326 e. The molecule has 0 aromatic carbocycles. The number of nitrogens with one attached hydrogen (secondary N) is 4. The quantitative estimate of drug-likeness (QED) is 0.0822. The molecule has 1 aliphatic rings. The molecule has 1 fully saturated rings. The van der Waals surface area contributed by atoms with Crippen molar-refractivity contribution < 1.29 is 39.0 Å². The molecule has 1 rings (SSSR count). The summed E-state index contributed by atoms with van der Waals surface area (Å²) < 4.78 is 0. The van der Waals surface area contributed by atoms with E-state index in [4.69, 9.17) is 11.5 Å². The second-order valence-electron chi connectivity index (χ2n) is 12.0. The van der Waals surface area contributed by atoms with Gasteiger partial charge in [0, 0.05) is 6.54 Å². The van der Waals surface area contributed by atoms with Crippen LogP contribution in [-0.4, -0.2) is 106 Å². The molecule has 5 amide bonds. The Kier molecular flexibility index (Phi) is 16.3. The van der Waals surface area contributed by atoms with Gasteiger partial charge in [-0.05, 0) is 64.3 Å². The molecule has 8 atom stereocenters. The lowest BCUT2D eigenvalue weighted by Gasteiger charge is -2.33. The first-order chi connectivity index (χ1) is 20.6. The first-order valence-corrected chi connectivity index (χ1v) is 15.5. The number of aliphatic hydroxyl groups is 1. The third-order valence-electron chi connectivity index (χ3n) is 8.00. The van der Waals surface area contributed by atoms with Gasteiger partial charge < -0.3 is 47.8 Å². The molecule has 0 bridgehead atoms. The normalized spacial score (nSPS) is 19.6. The molecule has 0 aliphatic carbocycles. The second kappa shape index (κ2) is 18.5. The van der Waals surface area contributed by atoms with Crippen molar-refractivity contribution in [2.45, 2.75) is 122 Å². The van der Waals surface area contributed by atoms with Gasteiger partial charge in [0.15, 0.2) is 0 Å². The van der Waals surface area contributed by atoms with Crippen molar-refractivity contribution in [3.63, 3.8) is 0 Å². The number of carbonyl (C=O) groups is 6. The van der Waals surface area contributed by atoms with Gasteiger partial charge >= 0.3 is 5.97 Å². The zero-order valence-corrected chi connectivity index (χ0v) is 26.8. The molecule has 10 N–H and O–H groups in total. The highest BCUT2D eigenvalue weighted by atomic mass is 16.4. The molecular formula is C29H53N7O8. The van der Waals surface area contributed by atoms with Crippen molar-refractivity contribution >= 4 is 35.5 Å². The maximum atomic E-state index is 13.8. The van der Waals surface area contributed by atoms with Gasteiger partial charge in [-0.15, -0.1) is 0 Å². The maximum Gasteiger partial charge on any atom is 0.326 e. The monoisotopic (exact) mass is 627 g/mol. The Bertz CT molecular complexity index is 1010. The van der Waals surface area contributed by atoms with Gasteiger partial charge in [-0.3, -0.25) is 24.0 Å². The highest BCUT2D eigenvalue weighted by Crippen LogP contribution is 2.22. The second-order valence-corrected chi connectivity index (χ2v) is 12.0. The molecule has 44 heavy (non-hydrogen) atoms. The van der Waals surface area contributed by atoms with Gasteiger partial charge in [-0.2, -0.15) is 0 Å². The first-order valence-electron chi connectivity index (χ1n) is 15.5. The van der Waals surface area contributed by atoms with Gasteiger partial charge in [0.1, 0.15) is 36.3 Å². The average molecular weight is 628 g/mol. The number of aliphatic hydroxyl groups excluding tert-OH is 1. The molecule has 0 unspecified atom stereocenters. The summed E-state index contributed by atoms with van der Waals surface area (Å²) in [5.41, 5.74) is 11.3. The number of likely N-dealkylation sites (tertiary alicyclic amines) is 1. The topological polar surface area (TPSA) is 246 Å². The number of nitrogens with zero attached hydrogens (tertiary/aromatic N) is 1. The standard InChI is InChI=1S/C29H53N7O8/c1-7-16(4)23(35-25(39)19(11-8-9-13-30)33-27(41)21(31)18(6)37)28(42)36-14-10-12-20(36)26(40)32-17(5)24(38)34-22(15(2)3)29(43)44/h15-23,37H,7-14,30-31H2,1-6H3,(H,32,40)(H,33,41)(H,34,38)(H,35,39)(H,43,44)/t16-,17-,18+,19-,20-,21-,22-,23-/m0/s1. The average Bonchev–Trinajstić information content (AvgIpc) is 3.46. The highest BCUT2D eigenvalue weighted by Gasteiger charge is 2.40. The molecule has 15 heteroatoms. The van der Waals surface area contributed by atoms with E-state index in [9.17, 15) is 39.0 Å². The summed E-state index contributed by atoms with van der Waals surface area (Å²) in [6, 6.07) is -6.38. The molecular weight excluding hydrogens is 574 g/mol. The minimum atomic E-state index is -1.25. The van der Waals surface area contributed by atoms with Crippen LogP contribution in [0, 0.1) is 11.8 Å².